The minimum atomic E-state index is 0. The van der Waals surface area contributed by atoms with Crippen molar-refractivity contribution in [3.05, 3.63) is 36.7 Å². The Kier molecular flexibility index (Phi) is 3.82. The van der Waals surface area contributed by atoms with Crippen LogP contribution in [0.1, 0.15) is 6.42 Å². The third-order valence-electron chi connectivity index (χ3n) is 3.09. The smallest absolute Gasteiger partial charge is 0.0608 e. The molecule has 0 spiro atoms. The second-order valence-corrected chi connectivity index (χ2v) is 4.24. The molecular formula is C13H16ClN3. The normalized spacial score (nSPS) is 18.9. The quantitative estimate of drug-likeness (QED) is 0.859. The van der Waals surface area contributed by atoms with Crippen LogP contribution in [0.25, 0.3) is 10.8 Å². The van der Waals surface area contributed by atoms with Crippen molar-refractivity contribution in [2.45, 2.75) is 12.5 Å². The minimum absolute atomic E-state index is 0. The van der Waals surface area contributed by atoms with Crippen molar-refractivity contribution in [2.24, 2.45) is 0 Å². The standard InChI is InChI=1S/C13H15N3.ClH/c1-2-4-12-10(3-1)7-15-9-13(12)16-11-5-6-14-8-11;/h1-4,7,9,11,14,16H,5-6,8H2;1H. The van der Waals surface area contributed by atoms with Crippen molar-refractivity contribution in [1.82, 2.24) is 10.3 Å². The first-order valence-corrected chi connectivity index (χ1v) is 5.73. The average Bonchev–Trinajstić information content (AvgIpc) is 2.82. The number of fused-ring (bicyclic) bond motifs is 1. The zero-order valence-corrected chi connectivity index (χ0v) is 10.3. The Bertz CT molecular complexity index is 489. The maximum atomic E-state index is 4.27. The Labute approximate surface area is 107 Å². The summed E-state index contributed by atoms with van der Waals surface area (Å²) in [6.07, 6.45) is 5.01. The monoisotopic (exact) mass is 249 g/mol. The number of pyridine rings is 1. The lowest BCUT2D eigenvalue weighted by atomic mass is 10.1. The maximum Gasteiger partial charge on any atom is 0.0608 e. The van der Waals surface area contributed by atoms with Crippen LogP contribution in [0, 0.1) is 0 Å². The van der Waals surface area contributed by atoms with E-state index in [1.807, 2.05) is 18.5 Å². The van der Waals surface area contributed by atoms with Gasteiger partial charge in [0.15, 0.2) is 0 Å². The van der Waals surface area contributed by atoms with Crippen LogP contribution in [-0.2, 0) is 0 Å². The molecule has 0 aliphatic carbocycles. The van der Waals surface area contributed by atoms with E-state index in [1.54, 1.807) is 0 Å². The van der Waals surface area contributed by atoms with Crippen LogP contribution in [-0.4, -0.2) is 24.1 Å². The van der Waals surface area contributed by atoms with Crippen molar-refractivity contribution in [3.8, 4) is 0 Å². The first-order valence-electron chi connectivity index (χ1n) is 5.73. The van der Waals surface area contributed by atoms with Gasteiger partial charge in [-0.2, -0.15) is 0 Å². The van der Waals surface area contributed by atoms with Gasteiger partial charge in [0.05, 0.1) is 11.9 Å². The summed E-state index contributed by atoms with van der Waals surface area (Å²) >= 11 is 0. The number of nitrogens with one attached hydrogen (secondary N) is 2. The first-order chi connectivity index (χ1) is 7.93. The number of aromatic nitrogens is 1. The molecule has 2 heterocycles. The molecule has 90 valence electrons. The molecule has 4 heteroatoms. The van der Waals surface area contributed by atoms with Gasteiger partial charge in [-0.25, -0.2) is 0 Å². The lowest BCUT2D eigenvalue weighted by molar-refractivity contribution is 0.794. The summed E-state index contributed by atoms with van der Waals surface area (Å²) in [5.74, 6) is 0. The molecule has 3 nitrogen and oxygen atoms in total. The Morgan fingerprint density at radius 1 is 1.24 bits per heavy atom. The second kappa shape index (κ2) is 5.34. The molecule has 1 unspecified atom stereocenters. The van der Waals surface area contributed by atoms with Gasteiger partial charge in [-0.05, 0) is 13.0 Å². The van der Waals surface area contributed by atoms with Gasteiger partial charge >= 0.3 is 0 Å². The average molecular weight is 250 g/mol. The molecule has 3 rings (SSSR count). The van der Waals surface area contributed by atoms with Gasteiger partial charge in [0.2, 0.25) is 0 Å². The number of halogens is 1. The van der Waals surface area contributed by atoms with Gasteiger partial charge in [-0.15, -0.1) is 12.4 Å². The summed E-state index contributed by atoms with van der Waals surface area (Å²) in [7, 11) is 0. The fourth-order valence-corrected chi connectivity index (χ4v) is 2.23. The molecule has 1 aromatic carbocycles. The topological polar surface area (TPSA) is 37.0 Å². The number of rotatable bonds is 2. The van der Waals surface area contributed by atoms with Crippen molar-refractivity contribution < 1.29 is 0 Å². The van der Waals surface area contributed by atoms with E-state index >= 15 is 0 Å². The van der Waals surface area contributed by atoms with Gasteiger partial charge in [-0.1, -0.05) is 24.3 Å². The second-order valence-electron chi connectivity index (χ2n) is 4.24. The summed E-state index contributed by atoms with van der Waals surface area (Å²) < 4.78 is 0. The Balaban J connectivity index is 0.00000108. The van der Waals surface area contributed by atoms with E-state index in [2.05, 4.69) is 33.8 Å². The number of nitrogens with zero attached hydrogens (tertiary/aromatic N) is 1. The van der Waals surface area contributed by atoms with Crippen LogP contribution in [0.3, 0.4) is 0 Å². The molecular weight excluding hydrogens is 234 g/mol. The molecule has 2 N–H and O–H groups in total. The summed E-state index contributed by atoms with van der Waals surface area (Å²) in [5.41, 5.74) is 1.15. The molecule has 2 aromatic rings. The molecule has 1 aliphatic rings. The molecule has 17 heavy (non-hydrogen) atoms. The van der Waals surface area contributed by atoms with E-state index in [1.165, 1.54) is 17.2 Å². The summed E-state index contributed by atoms with van der Waals surface area (Å²) in [4.78, 5) is 4.27. The number of hydrogen-bond donors (Lipinski definition) is 2. The third-order valence-corrected chi connectivity index (χ3v) is 3.09. The summed E-state index contributed by atoms with van der Waals surface area (Å²) in [6, 6.07) is 8.89. The van der Waals surface area contributed by atoms with Crippen LogP contribution in [0.15, 0.2) is 36.7 Å². The van der Waals surface area contributed by atoms with Crippen LogP contribution in [0.4, 0.5) is 5.69 Å². The highest BCUT2D eigenvalue weighted by molar-refractivity contribution is 5.92. The highest BCUT2D eigenvalue weighted by atomic mass is 35.5. The van der Waals surface area contributed by atoms with E-state index in [9.17, 15) is 0 Å². The lowest BCUT2D eigenvalue weighted by Crippen LogP contribution is -2.22. The highest BCUT2D eigenvalue weighted by Gasteiger charge is 2.14. The lowest BCUT2D eigenvalue weighted by Gasteiger charge is -2.14. The molecule has 0 amide bonds. The fraction of sp³-hybridized carbons (Fsp3) is 0.308. The Morgan fingerprint density at radius 3 is 2.94 bits per heavy atom. The van der Waals surface area contributed by atoms with E-state index in [-0.39, 0.29) is 12.4 Å². The van der Waals surface area contributed by atoms with E-state index in [0.29, 0.717) is 6.04 Å². The van der Waals surface area contributed by atoms with Crippen LogP contribution in [0.5, 0.6) is 0 Å². The van der Waals surface area contributed by atoms with E-state index < -0.39 is 0 Å². The minimum Gasteiger partial charge on any atom is -0.379 e. The number of hydrogen-bond acceptors (Lipinski definition) is 3. The fourth-order valence-electron chi connectivity index (χ4n) is 2.23. The first kappa shape index (κ1) is 12.1. The molecule has 0 bridgehead atoms. The zero-order chi connectivity index (χ0) is 10.8. The predicted octanol–water partition coefficient (Wildman–Crippen LogP) is 2.43. The molecule has 1 aromatic heterocycles. The molecule has 0 saturated carbocycles. The van der Waals surface area contributed by atoms with Gasteiger partial charge in [0, 0.05) is 29.6 Å². The largest absolute Gasteiger partial charge is 0.379 e. The van der Waals surface area contributed by atoms with Crippen molar-refractivity contribution in [3.63, 3.8) is 0 Å². The molecule has 1 atom stereocenters. The predicted molar refractivity (Wildman–Crippen MR) is 73.9 cm³/mol. The Hall–Kier alpha value is -1.32. The van der Waals surface area contributed by atoms with Crippen molar-refractivity contribution >= 4 is 28.9 Å². The Morgan fingerprint density at radius 2 is 2.12 bits per heavy atom. The molecule has 1 fully saturated rings. The van der Waals surface area contributed by atoms with Gasteiger partial charge < -0.3 is 10.6 Å². The number of anilines is 1. The summed E-state index contributed by atoms with van der Waals surface area (Å²) in [5, 5.41) is 9.36. The molecule has 1 saturated heterocycles. The number of benzene rings is 1. The van der Waals surface area contributed by atoms with Gasteiger partial charge in [0.25, 0.3) is 0 Å². The zero-order valence-electron chi connectivity index (χ0n) is 9.52. The maximum absolute atomic E-state index is 4.27. The van der Waals surface area contributed by atoms with Gasteiger partial charge in [0.1, 0.15) is 0 Å². The highest BCUT2D eigenvalue weighted by Crippen LogP contribution is 2.22. The SMILES string of the molecule is Cl.c1ccc2c(NC3CCNC3)cncc2c1. The third kappa shape index (κ3) is 2.51. The van der Waals surface area contributed by atoms with E-state index in [0.717, 1.165) is 18.8 Å². The van der Waals surface area contributed by atoms with Crippen LogP contribution >= 0.6 is 12.4 Å². The van der Waals surface area contributed by atoms with E-state index in [4.69, 9.17) is 0 Å². The van der Waals surface area contributed by atoms with Crippen LogP contribution in [0.2, 0.25) is 0 Å². The molecule has 1 aliphatic heterocycles. The van der Waals surface area contributed by atoms with Crippen molar-refractivity contribution in [2.75, 3.05) is 18.4 Å². The summed E-state index contributed by atoms with van der Waals surface area (Å²) in [6.45, 7) is 2.15. The van der Waals surface area contributed by atoms with Crippen LogP contribution < -0.4 is 10.6 Å². The molecule has 0 radical (unpaired) electrons. The van der Waals surface area contributed by atoms with Gasteiger partial charge in [-0.3, -0.25) is 4.98 Å². The van der Waals surface area contributed by atoms with Crippen molar-refractivity contribution in [1.29, 1.82) is 0 Å².